The Kier molecular flexibility index (Phi) is 8.01. The van der Waals surface area contributed by atoms with Crippen LogP contribution in [0.5, 0.6) is 0 Å². The number of hydrogen-bond donors (Lipinski definition) is 2. The van der Waals surface area contributed by atoms with Crippen LogP contribution in [0.2, 0.25) is 0 Å². The maximum Gasteiger partial charge on any atom is 0.0299 e. The van der Waals surface area contributed by atoms with Gasteiger partial charge in [0.1, 0.15) is 0 Å². The predicted molar refractivity (Wildman–Crippen MR) is 113 cm³/mol. The van der Waals surface area contributed by atoms with Crippen molar-refractivity contribution in [2.45, 2.75) is 51.6 Å². The Morgan fingerprint density at radius 1 is 0.692 bits per heavy atom. The lowest BCUT2D eigenvalue weighted by Crippen LogP contribution is -2.34. The van der Waals surface area contributed by atoms with Crippen LogP contribution in [0.15, 0.2) is 85.2 Å². The molecule has 0 aromatic heterocycles. The normalized spacial score (nSPS) is 12.8. The molecular formula is C24H32N2. The monoisotopic (exact) mass is 348 g/mol. The lowest BCUT2D eigenvalue weighted by molar-refractivity contribution is 0.438. The van der Waals surface area contributed by atoms with Crippen LogP contribution in [0.1, 0.15) is 37.8 Å². The van der Waals surface area contributed by atoms with Gasteiger partial charge in [-0.2, -0.15) is 0 Å². The predicted octanol–water partition coefficient (Wildman–Crippen LogP) is 5.24. The van der Waals surface area contributed by atoms with Crippen molar-refractivity contribution in [1.29, 1.82) is 0 Å². The first-order valence-electron chi connectivity index (χ1n) is 9.45. The van der Waals surface area contributed by atoms with Crippen LogP contribution in [0, 0.1) is 0 Å². The molecule has 0 aliphatic rings. The van der Waals surface area contributed by atoms with Crippen LogP contribution in [-0.4, -0.2) is 12.1 Å². The molecule has 2 rings (SSSR count). The van der Waals surface area contributed by atoms with Gasteiger partial charge in [-0.25, -0.2) is 0 Å². The maximum atomic E-state index is 4.04. The molecule has 0 radical (unpaired) electrons. The molecular weight excluding hydrogens is 316 g/mol. The highest BCUT2D eigenvalue weighted by Gasteiger charge is 2.15. The Morgan fingerprint density at radius 2 is 1.04 bits per heavy atom. The summed E-state index contributed by atoms with van der Waals surface area (Å²) in [6.45, 7) is 12.1. The van der Waals surface area contributed by atoms with Crippen molar-refractivity contribution in [1.82, 2.24) is 10.6 Å². The van der Waals surface area contributed by atoms with Gasteiger partial charge in [-0.05, 0) is 50.7 Å². The van der Waals surface area contributed by atoms with Gasteiger partial charge in [0.05, 0.1) is 0 Å². The number of allylic oxidation sites excluding steroid dienone is 2. The Balaban J connectivity index is 1.99. The van der Waals surface area contributed by atoms with Crippen molar-refractivity contribution in [2.24, 2.45) is 0 Å². The van der Waals surface area contributed by atoms with E-state index in [2.05, 4.69) is 84.5 Å². The van der Waals surface area contributed by atoms with E-state index in [9.17, 15) is 0 Å². The number of hydrogen-bond acceptors (Lipinski definition) is 2. The van der Waals surface area contributed by atoms with Crippen molar-refractivity contribution in [3.05, 3.63) is 96.3 Å². The molecule has 26 heavy (non-hydrogen) atoms. The van der Waals surface area contributed by atoms with E-state index in [4.69, 9.17) is 0 Å². The lowest BCUT2D eigenvalue weighted by Gasteiger charge is -2.25. The third-order valence-corrected chi connectivity index (χ3v) is 4.41. The van der Waals surface area contributed by atoms with Crippen molar-refractivity contribution >= 4 is 0 Å². The van der Waals surface area contributed by atoms with E-state index in [1.54, 1.807) is 0 Å². The summed E-state index contributed by atoms with van der Waals surface area (Å²) in [5.41, 5.74) is 4.77. The van der Waals surface area contributed by atoms with Crippen LogP contribution in [0.3, 0.4) is 0 Å². The fraction of sp³-hybridized carbons (Fsp3) is 0.333. The minimum atomic E-state index is 0.389. The fourth-order valence-corrected chi connectivity index (χ4v) is 3.35. The summed E-state index contributed by atoms with van der Waals surface area (Å²) >= 11 is 0. The molecule has 0 aliphatic carbocycles. The van der Waals surface area contributed by atoms with Crippen molar-refractivity contribution < 1.29 is 0 Å². The second kappa shape index (κ2) is 10.5. The Bertz CT molecular complexity index is 614. The highest BCUT2D eigenvalue weighted by molar-refractivity contribution is 5.17. The Labute approximate surface area is 159 Å². The highest BCUT2D eigenvalue weighted by Crippen LogP contribution is 2.14. The molecule has 0 fully saturated rings. The molecule has 0 bridgehead atoms. The molecule has 2 unspecified atom stereocenters. The zero-order valence-corrected chi connectivity index (χ0v) is 16.2. The standard InChI is InChI=1S/C24H32N2/c1-19(2)25-23(17-21-11-7-5-8-12-21)15-16-24(26-20(3)4)18-22-13-9-6-10-14-22/h5-14,23-26H,1,3,15-18H2,2,4H3. The second-order valence-electron chi connectivity index (χ2n) is 7.20. The van der Waals surface area contributed by atoms with Crippen molar-refractivity contribution in [3.8, 4) is 0 Å². The summed E-state index contributed by atoms with van der Waals surface area (Å²) in [6, 6.07) is 22.1. The summed E-state index contributed by atoms with van der Waals surface area (Å²) in [4.78, 5) is 0. The van der Waals surface area contributed by atoms with E-state index in [0.717, 1.165) is 37.1 Å². The SMILES string of the molecule is C=C(C)NC(CCC(Cc1ccccc1)NC(=C)C)Cc1ccccc1. The quantitative estimate of drug-likeness (QED) is 0.580. The molecule has 138 valence electrons. The molecule has 0 aliphatic heterocycles. The Hall–Kier alpha value is -2.48. The van der Waals surface area contributed by atoms with E-state index < -0.39 is 0 Å². The van der Waals surface area contributed by atoms with Gasteiger partial charge in [0.25, 0.3) is 0 Å². The third kappa shape index (κ3) is 7.60. The summed E-state index contributed by atoms with van der Waals surface area (Å²) in [5, 5.41) is 7.11. The fourth-order valence-electron chi connectivity index (χ4n) is 3.35. The van der Waals surface area contributed by atoms with Gasteiger partial charge in [-0.1, -0.05) is 73.8 Å². The van der Waals surface area contributed by atoms with Crippen LogP contribution < -0.4 is 10.6 Å². The van der Waals surface area contributed by atoms with Gasteiger partial charge in [0, 0.05) is 23.5 Å². The van der Waals surface area contributed by atoms with Gasteiger partial charge in [-0.3, -0.25) is 0 Å². The van der Waals surface area contributed by atoms with Crippen molar-refractivity contribution in [2.75, 3.05) is 0 Å². The largest absolute Gasteiger partial charge is 0.386 e. The summed E-state index contributed by atoms with van der Waals surface area (Å²) in [5.74, 6) is 0. The van der Waals surface area contributed by atoms with Crippen LogP contribution in [-0.2, 0) is 12.8 Å². The van der Waals surface area contributed by atoms with Gasteiger partial charge < -0.3 is 10.6 Å². The molecule has 2 nitrogen and oxygen atoms in total. The van der Waals surface area contributed by atoms with E-state index in [1.165, 1.54) is 11.1 Å². The minimum absolute atomic E-state index is 0.389. The summed E-state index contributed by atoms with van der Waals surface area (Å²) < 4.78 is 0. The van der Waals surface area contributed by atoms with Crippen LogP contribution >= 0.6 is 0 Å². The van der Waals surface area contributed by atoms with E-state index in [-0.39, 0.29) is 0 Å². The average molecular weight is 349 g/mol. The summed E-state index contributed by atoms with van der Waals surface area (Å²) in [7, 11) is 0. The third-order valence-electron chi connectivity index (χ3n) is 4.41. The number of nitrogens with one attached hydrogen (secondary N) is 2. The van der Waals surface area contributed by atoms with Crippen LogP contribution in [0.4, 0.5) is 0 Å². The zero-order valence-electron chi connectivity index (χ0n) is 16.2. The molecule has 0 amide bonds. The molecule has 2 aromatic carbocycles. The van der Waals surface area contributed by atoms with E-state index in [1.807, 2.05) is 13.8 Å². The smallest absolute Gasteiger partial charge is 0.0299 e. The number of benzene rings is 2. The van der Waals surface area contributed by atoms with Gasteiger partial charge >= 0.3 is 0 Å². The molecule has 0 spiro atoms. The average Bonchev–Trinajstić information content (AvgIpc) is 2.60. The molecule has 0 saturated carbocycles. The van der Waals surface area contributed by atoms with Gasteiger partial charge in [0.15, 0.2) is 0 Å². The van der Waals surface area contributed by atoms with Crippen molar-refractivity contribution in [3.63, 3.8) is 0 Å². The Morgan fingerprint density at radius 3 is 1.35 bits per heavy atom. The zero-order chi connectivity index (χ0) is 18.8. The first-order chi connectivity index (χ1) is 12.5. The lowest BCUT2D eigenvalue weighted by atomic mass is 9.95. The first kappa shape index (κ1) is 19.8. The topological polar surface area (TPSA) is 24.1 Å². The van der Waals surface area contributed by atoms with Gasteiger partial charge in [-0.15, -0.1) is 0 Å². The van der Waals surface area contributed by atoms with Gasteiger partial charge in [0.2, 0.25) is 0 Å². The molecule has 2 atom stereocenters. The maximum absolute atomic E-state index is 4.04. The summed E-state index contributed by atoms with van der Waals surface area (Å²) in [6.07, 6.45) is 4.19. The molecule has 0 saturated heterocycles. The van der Waals surface area contributed by atoms with E-state index in [0.29, 0.717) is 12.1 Å². The molecule has 2 N–H and O–H groups in total. The van der Waals surface area contributed by atoms with Crippen LogP contribution in [0.25, 0.3) is 0 Å². The second-order valence-corrected chi connectivity index (χ2v) is 7.20. The first-order valence-corrected chi connectivity index (χ1v) is 9.45. The molecule has 2 aromatic rings. The van der Waals surface area contributed by atoms with E-state index >= 15 is 0 Å². The number of rotatable bonds is 11. The highest BCUT2D eigenvalue weighted by atomic mass is 14.9. The molecule has 2 heteroatoms. The minimum Gasteiger partial charge on any atom is -0.386 e. The molecule has 0 heterocycles.